The lowest BCUT2D eigenvalue weighted by atomic mass is 9.89. The van der Waals surface area contributed by atoms with Crippen LogP contribution < -0.4 is 5.32 Å². The zero-order valence-electron chi connectivity index (χ0n) is 13.5. The Hall–Kier alpha value is -1.72. The predicted molar refractivity (Wildman–Crippen MR) is 97.0 cm³/mol. The highest BCUT2D eigenvalue weighted by molar-refractivity contribution is 9.10. The molecule has 0 saturated carbocycles. The molecule has 3 rings (SSSR count). The number of nitrogens with zero attached hydrogens (tertiary/aromatic N) is 1. The first-order valence-electron chi connectivity index (χ1n) is 8.32. The minimum atomic E-state index is -0.105. The third-order valence-corrected chi connectivity index (χ3v) is 4.64. The van der Waals surface area contributed by atoms with Crippen molar-refractivity contribution in [1.29, 1.82) is 0 Å². The smallest absolute Gasteiger partial charge is 0.252 e. The molecule has 1 atom stereocenters. The minimum Gasteiger partial charge on any atom is -0.373 e. The van der Waals surface area contributed by atoms with Crippen LogP contribution in [0.1, 0.15) is 46.9 Å². The molecule has 1 aliphatic rings. The van der Waals surface area contributed by atoms with Crippen LogP contribution in [0, 0.1) is 0 Å². The highest BCUT2D eigenvalue weighted by atomic mass is 79.9. The van der Waals surface area contributed by atoms with Gasteiger partial charge in [0.1, 0.15) is 0 Å². The van der Waals surface area contributed by atoms with Crippen LogP contribution in [0.25, 0.3) is 0 Å². The Bertz CT molecular complexity index is 705. The first kappa shape index (κ1) is 17.1. The Morgan fingerprint density at radius 3 is 3.08 bits per heavy atom. The molecule has 0 saturated heterocycles. The van der Waals surface area contributed by atoms with Gasteiger partial charge in [-0.1, -0.05) is 24.3 Å². The van der Waals surface area contributed by atoms with Crippen molar-refractivity contribution in [2.45, 2.75) is 31.8 Å². The van der Waals surface area contributed by atoms with Crippen molar-refractivity contribution in [3.63, 3.8) is 0 Å². The normalized spacial score (nSPS) is 16.5. The SMILES string of the molecule is O=C(NCCCOC1CCCc2ccccc21)c1cncc(Br)c1. The molecule has 2 aromatic rings. The largest absolute Gasteiger partial charge is 0.373 e. The molecular weight excluding hydrogens is 368 g/mol. The molecule has 1 aromatic carbocycles. The summed E-state index contributed by atoms with van der Waals surface area (Å²) < 4.78 is 6.85. The van der Waals surface area contributed by atoms with Crippen molar-refractivity contribution >= 4 is 21.8 Å². The first-order chi connectivity index (χ1) is 11.7. The monoisotopic (exact) mass is 388 g/mol. The topological polar surface area (TPSA) is 51.2 Å². The molecule has 1 N–H and O–H groups in total. The molecule has 4 nitrogen and oxygen atoms in total. The summed E-state index contributed by atoms with van der Waals surface area (Å²) in [5.74, 6) is -0.105. The number of aryl methyl sites for hydroxylation is 1. The molecule has 24 heavy (non-hydrogen) atoms. The second-order valence-corrected chi connectivity index (χ2v) is 6.87. The summed E-state index contributed by atoms with van der Waals surface area (Å²) in [6, 6.07) is 10.3. The molecule has 0 radical (unpaired) electrons. The maximum atomic E-state index is 12.0. The zero-order valence-corrected chi connectivity index (χ0v) is 15.1. The number of fused-ring (bicyclic) bond motifs is 1. The van der Waals surface area contributed by atoms with Crippen LogP contribution in [0.3, 0.4) is 0 Å². The molecule has 1 heterocycles. The predicted octanol–water partition coefficient (Wildman–Crippen LogP) is 4.06. The van der Waals surface area contributed by atoms with Crippen LogP contribution in [-0.2, 0) is 11.2 Å². The Balaban J connectivity index is 1.41. The zero-order chi connectivity index (χ0) is 16.8. The highest BCUT2D eigenvalue weighted by Crippen LogP contribution is 2.32. The van der Waals surface area contributed by atoms with E-state index >= 15 is 0 Å². The van der Waals surface area contributed by atoms with Gasteiger partial charge in [-0.15, -0.1) is 0 Å². The van der Waals surface area contributed by atoms with Gasteiger partial charge in [0.2, 0.25) is 0 Å². The average Bonchev–Trinajstić information content (AvgIpc) is 2.61. The van der Waals surface area contributed by atoms with E-state index in [-0.39, 0.29) is 12.0 Å². The number of pyridine rings is 1. The number of halogens is 1. The molecule has 1 aromatic heterocycles. The van der Waals surface area contributed by atoms with Crippen molar-refractivity contribution in [2.75, 3.05) is 13.2 Å². The number of ether oxygens (including phenoxy) is 1. The molecule has 0 spiro atoms. The van der Waals surface area contributed by atoms with E-state index in [0.29, 0.717) is 18.7 Å². The van der Waals surface area contributed by atoms with Crippen molar-refractivity contribution in [3.05, 3.63) is 63.9 Å². The van der Waals surface area contributed by atoms with Gasteiger partial charge < -0.3 is 10.1 Å². The lowest BCUT2D eigenvalue weighted by Gasteiger charge is -2.25. The van der Waals surface area contributed by atoms with E-state index in [0.717, 1.165) is 23.7 Å². The lowest BCUT2D eigenvalue weighted by Crippen LogP contribution is -2.25. The van der Waals surface area contributed by atoms with Crippen LogP contribution in [0.15, 0.2) is 47.2 Å². The minimum absolute atomic E-state index is 0.105. The van der Waals surface area contributed by atoms with Crippen molar-refractivity contribution in [2.24, 2.45) is 0 Å². The number of carbonyl (C=O) groups excluding carboxylic acids is 1. The lowest BCUT2D eigenvalue weighted by molar-refractivity contribution is 0.0393. The van der Waals surface area contributed by atoms with E-state index in [2.05, 4.69) is 50.5 Å². The Labute approximate surface area is 150 Å². The number of nitrogens with one attached hydrogen (secondary N) is 1. The molecule has 1 aliphatic carbocycles. The molecule has 5 heteroatoms. The van der Waals surface area contributed by atoms with Crippen LogP contribution in [0.5, 0.6) is 0 Å². The fourth-order valence-electron chi connectivity index (χ4n) is 3.02. The van der Waals surface area contributed by atoms with Crippen molar-refractivity contribution in [3.8, 4) is 0 Å². The van der Waals surface area contributed by atoms with Crippen LogP contribution >= 0.6 is 15.9 Å². The first-order valence-corrected chi connectivity index (χ1v) is 9.11. The number of hydrogen-bond acceptors (Lipinski definition) is 3. The molecule has 1 unspecified atom stereocenters. The summed E-state index contributed by atoms with van der Waals surface area (Å²) in [5, 5.41) is 2.90. The average molecular weight is 389 g/mol. The van der Waals surface area contributed by atoms with E-state index in [4.69, 9.17) is 4.74 Å². The van der Waals surface area contributed by atoms with Crippen LogP contribution in [-0.4, -0.2) is 24.0 Å². The number of aromatic nitrogens is 1. The van der Waals surface area contributed by atoms with Gasteiger partial charge in [0, 0.05) is 30.0 Å². The summed E-state index contributed by atoms with van der Waals surface area (Å²) in [6.07, 6.45) is 7.61. The number of carbonyl (C=O) groups is 1. The Morgan fingerprint density at radius 1 is 1.33 bits per heavy atom. The summed E-state index contributed by atoms with van der Waals surface area (Å²) >= 11 is 3.32. The van der Waals surface area contributed by atoms with Crippen molar-refractivity contribution in [1.82, 2.24) is 10.3 Å². The molecule has 0 fully saturated rings. The van der Waals surface area contributed by atoms with E-state index < -0.39 is 0 Å². The summed E-state index contributed by atoms with van der Waals surface area (Å²) in [6.45, 7) is 1.25. The molecule has 0 bridgehead atoms. The van der Waals surface area contributed by atoms with E-state index in [9.17, 15) is 4.79 Å². The standard InChI is InChI=1S/C19H21BrN2O2/c20-16-11-15(12-21-13-16)19(23)22-9-4-10-24-18-8-3-6-14-5-1-2-7-17(14)18/h1-2,5,7,11-13,18H,3-4,6,8-10H2,(H,22,23). The second kappa shape index (κ2) is 8.40. The number of rotatable bonds is 6. The third-order valence-electron chi connectivity index (χ3n) is 4.21. The summed E-state index contributed by atoms with van der Waals surface area (Å²) in [4.78, 5) is 16.0. The summed E-state index contributed by atoms with van der Waals surface area (Å²) in [5.41, 5.74) is 3.30. The van der Waals surface area contributed by atoms with Crippen LogP contribution in [0.2, 0.25) is 0 Å². The van der Waals surface area contributed by atoms with Gasteiger partial charge in [-0.05, 0) is 58.8 Å². The van der Waals surface area contributed by atoms with Gasteiger partial charge in [-0.25, -0.2) is 0 Å². The van der Waals surface area contributed by atoms with Gasteiger partial charge in [0.05, 0.1) is 11.7 Å². The fraction of sp³-hybridized carbons (Fsp3) is 0.368. The Kier molecular flexibility index (Phi) is 5.99. The Morgan fingerprint density at radius 2 is 2.21 bits per heavy atom. The van der Waals surface area contributed by atoms with Gasteiger partial charge in [-0.2, -0.15) is 0 Å². The van der Waals surface area contributed by atoms with Gasteiger partial charge in [0.25, 0.3) is 5.91 Å². The maximum Gasteiger partial charge on any atom is 0.252 e. The van der Waals surface area contributed by atoms with Gasteiger partial charge in [0.15, 0.2) is 0 Å². The number of amides is 1. The van der Waals surface area contributed by atoms with E-state index in [1.165, 1.54) is 17.5 Å². The maximum absolute atomic E-state index is 12.0. The second-order valence-electron chi connectivity index (χ2n) is 5.95. The fourth-order valence-corrected chi connectivity index (χ4v) is 3.39. The summed E-state index contributed by atoms with van der Waals surface area (Å²) in [7, 11) is 0. The third kappa shape index (κ3) is 4.42. The number of hydrogen-bond donors (Lipinski definition) is 1. The van der Waals surface area contributed by atoms with Crippen LogP contribution in [0.4, 0.5) is 0 Å². The van der Waals surface area contributed by atoms with Crippen molar-refractivity contribution < 1.29 is 9.53 Å². The van der Waals surface area contributed by atoms with Gasteiger partial charge >= 0.3 is 0 Å². The van der Waals surface area contributed by atoms with E-state index in [1.807, 2.05) is 0 Å². The van der Waals surface area contributed by atoms with E-state index in [1.54, 1.807) is 18.5 Å². The molecular formula is C19H21BrN2O2. The quantitative estimate of drug-likeness (QED) is 0.759. The van der Waals surface area contributed by atoms with Gasteiger partial charge in [-0.3, -0.25) is 9.78 Å². The molecule has 126 valence electrons. The highest BCUT2D eigenvalue weighted by Gasteiger charge is 2.19. The number of benzene rings is 1. The molecule has 1 amide bonds. The molecule has 0 aliphatic heterocycles.